The van der Waals surface area contributed by atoms with Crippen LogP contribution in [0.25, 0.3) is 0 Å². The Morgan fingerprint density at radius 2 is 2.21 bits per heavy atom. The van der Waals surface area contributed by atoms with E-state index in [1.54, 1.807) is 7.05 Å². The lowest BCUT2D eigenvalue weighted by Gasteiger charge is -2.38. The number of nitrogens with one attached hydrogen (secondary N) is 1. The number of hydrogen-bond acceptors (Lipinski definition) is 3. The molecule has 0 spiro atoms. The van der Waals surface area contributed by atoms with Crippen molar-refractivity contribution in [2.75, 3.05) is 26.7 Å². The van der Waals surface area contributed by atoms with Crippen LogP contribution in [0.1, 0.15) is 24.2 Å². The predicted molar refractivity (Wildman–Crippen MR) is 75.0 cm³/mol. The fourth-order valence-electron chi connectivity index (χ4n) is 2.49. The van der Waals surface area contributed by atoms with E-state index in [2.05, 4.69) is 24.4 Å². The van der Waals surface area contributed by atoms with Gasteiger partial charge >= 0.3 is 0 Å². The first-order valence-electron chi connectivity index (χ1n) is 6.74. The number of rotatable bonds is 3. The summed E-state index contributed by atoms with van der Waals surface area (Å²) in [4.78, 5) is 14.0. The van der Waals surface area contributed by atoms with E-state index < -0.39 is 0 Å². The van der Waals surface area contributed by atoms with Crippen molar-refractivity contribution in [2.24, 2.45) is 0 Å². The Labute approximate surface area is 114 Å². The van der Waals surface area contributed by atoms with Crippen molar-refractivity contribution in [3.05, 3.63) is 35.4 Å². The Balaban J connectivity index is 2.13. The Morgan fingerprint density at radius 1 is 1.47 bits per heavy atom. The first-order chi connectivity index (χ1) is 9.13. The Morgan fingerprint density at radius 3 is 2.89 bits per heavy atom. The smallest absolute Gasteiger partial charge is 0.236 e. The van der Waals surface area contributed by atoms with E-state index in [4.69, 9.17) is 4.74 Å². The van der Waals surface area contributed by atoms with Crippen LogP contribution in [0.5, 0.6) is 0 Å². The van der Waals surface area contributed by atoms with Crippen LogP contribution in [0.2, 0.25) is 0 Å². The number of likely N-dealkylation sites (N-methyl/N-ethyl adjacent to an activating group) is 1. The van der Waals surface area contributed by atoms with Crippen LogP contribution < -0.4 is 5.32 Å². The van der Waals surface area contributed by atoms with Crippen LogP contribution >= 0.6 is 0 Å². The second kappa shape index (κ2) is 6.17. The Bertz CT molecular complexity index is 448. The van der Waals surface area contributed by atoms with Crippen LogP contribution in [0.15, 0.2) is 24.3 Å². The molecule has 1 aromatic carbocycles. The van der Waals surface area contributed by atoms with E-state index in [1.165, 1.54) is 11.1 Å². The number of carbonyl (C=O) groups excluding carboxylic acids is 1. The van der Waals surface area contributed by atoms with Gasteiger partial charge < -0.3 is 15.0 Å². The summed E-state index contributed by atoms with van der Waals surface area (Å²) >= 11 is 0. The highest BCUT2D eigenvalue weighted by molar-refractivity contribution is 5.78. The minimum absolute atomic E-state index is 0.0155. The van der Waals surface area contributed by atoms with Crippen molar-refractivity contribution in [1.29, 1.82) is 0 Å². The first kappa shape index (κ1) is 14.0. The third-order valence-corrected chi connectivity index (χ3v) is 3.62. The summed E-state index contributed by atoms with van der Waals surface area (Å²) in [7, 11) is 1.79. The minimum atomic E-state index is -0.0155. The molecule has 0 saturated carbocycles. The molecule has 2 rings (SSSR count). The van der Waals surface area contributed by atoms with Gasteiger partial charge in [0.1, 0.15) is 6.10 Å². The number of morpholine rings is 1. The molecule has 1 aliphatic rings. The van der Waals surface area contributed by atoms with Crippen LogP contribution in [0.3, 0.4) is 0 Å². The molecular formula is C15H22N2O2. The molecule has 1 aromatic rings. The van der Waals surface area contributed by atoms with Crippen LogP contribution in [-0.2, 0) is 9.53 Å². The molecule has 1 N–H and O–H groups in total. The standard InChI is InChI=1S/C15H22N2O2/c1-11-6-4-5-7-13(11)14-9-17(12(2)10-19-14)15(18)8-16-3/h4-7,12,14,16H,8-10H2,1-3H3/t12-,14-/m1/s1. The maximum atomic E-state index is 12.1. The van der Waals surface area contributed by atoms with E-state index in [0.717, 1.165) is 0 Å². The molecule has 2 atom stereocenters. The van der Waals surface area contributed by atoms with Gasteiger partial charge in [0.2, 0.25) is 5.91 Å². The van der Waals surface area contributed by atoms with Gasteiger partial charge in [-0.1, -0.05) is 24.3 Å². The van der Waals surface area contributed by atoms with Crippen molar-refractivity contribution < 1.29 is 9.53 Å². The van der Waals surface area contributed by atoms with Gasteiger partial charge in [0.05, 0.1) is 25.7 Å². The summed E-state index contributed by atoms with van der Waals surface area (Å²) in [6.07, 6.45) is -0.0155. The third kappa shape index (κ3) is 3.14. The summed E-state index contributed by atoms with van der Waals surface area (Å²) in [5, 5.41) is 2.92. The predicted octanol–water partition coefficient (Wildman–Crippen LogP) is 1.50. The summed E-state index contributed by atoms with van der Waals surface area (Å²) in [6.45, 7) is 5.71. The number of hydrogen-bond donors (Lipinski definition) is 1. The monoisotopic (exact) mass is 262 g/mol. The van der Waals surface area contributed by atoms with Crippen LogP contribution in [-0.4, -0.2) is 43.6 Å². The Hall–Kier alpha value is -1.39. The van der Waals surface area contributed by atoms with Gasteiger partial charge in [-0.2, -0.15) is 0 Å². The van der Waals surface area contributed by atoms with Gasteiger partial charge in [0.25, 0.3) is 0 Å². The molecule has 1 fully saturated rings. The molecule has 0 aromatic heterocycles. The molecule has 4 nitrogen and oxygen atoms in total. The fourth-order valence-corrected chi connectivity index (χ4v) is 2.49. The summed E-state index contributed by atoms with van der Waals surface area (Å²) < 4.78 is 5.90. The maximum Gasteiger partial charge on any atom is 0.236 e. The van der Waals surface area contributed by atoms with E-state index >= 15 is 0 Å². The Kier molecular flexibility index (Phi) is 4.56. The first-order valence-corrected chi connectivity index (χ1v) is 6.74. The molecule has 4 heteroatoms. The lowest BCUT2D eigenvalue weighted by Crippen LogP contribution is -2.50. The highest BCUT2D eigenvalue weighted by Crippen LogP contribution is 2.27. The number of aryl methyl sites for hydroxylation is 1. The normalized spacial score (nSPS) is 23.4. The molecule has 1 saturated heterocycles. The second-order valence-corrected chi connectivity index (χ2v) is 5.10. The van der Waals surface area contributed by atoms with Crippen molar-refractivity contribution >= 4 is 5.91 Å². The van der Waals surface area contributed by atoms with Gasteiger partial charge in [-0.3, -0.25) is 4.79 Å². The highest BCUT2D eigenvalue weighted by atomic mass is 16.5. The van der Waals surface area contributed by atoms with Gasteiger partial charge in [-0.15, -0.1) is 0 Å². The molecule has 0 radical (unpaired) electrons. The highest BCUT2D eigenvalue weighted by Gasteiger charge is 2.30. The quantitative estimate of drug-likeness (QED) is 0.897. The summed E-state index contributed by atoms with van der Waals surface area (Å²) in [6, 6.07) is 8.34. The van der Waals surface area contributed by atoms with Crippen molar-refractivity contribution in [2.45, 2.75) is 26.0 Å². The van der Waals surface area contributed by atoms with Crippen LogP contribution in [0.4, 0.5) is 0 Å². The summed E-state index contributed by atoms with van der Waals surface area (Å²) in [5.74, 6) is 0.136. The van der Waals surface area contributed by atoms with Crippen LogP contribution in [0, 0.1) is 6.92 Å². The van der Waals surface area contributed by atoms with Crippen molar-refractivity contribution in [1.82, 2.24) is 10.2 Å². The largest absolute Gasteiger partial charge is 0.370 e. The topological polar surface area (TPSA) is 41.6 Å². The SMILES string of the molecule is CNCC(=O)N1C[C@H](c2ccccc2C)OC[C@H]1C. The number of carbonyl (C=O) groups is 1. The molecule has 104 valence electrons. The molecule has 0 unspecified atom stereocenters. The molecule has 0 bridgehead atoms. The number of benzene rings is 1. The van der Waals surface area contributed by atoms with Crippen molar-refractivity contribution in [3.63, 3.8) is 0 Å². The fraction of sp³-hybridized carbons (Fsp3) is 0.533. The summed E-state index contributed by atoms with van der Waals surface area (Å²) in [5.41, 5.74) is 2.39. The minimum Gasteiger partial charge on any atom is -0.370 e. The van der Waals surface area contributed by atoms with E-state index in [-0.39, 0.29) is 18.1 Å². The third-order valence-electron chi connectivity index (χ3n) is 3.62. The van der Waals surface area contributed by atoms with Gasteiger partial charge in [0, 0.05) is 0 Å². The zero-order chi connectivity index (χ0) is 13.8. The molecular weight excluding hydrogens is 240 g/mol. The lowest BCUT2D eigenvalue weighted by atomic mass is 10.0. The number of ether oxygens (including phenoxy) is 1. The number of amides is 1. The molecule has 1 heterocycles. The zero-order valence-corrected chi connectivity index (χ0v) is 11.8. The van der Waals surface area contributed by atoms with Gasteiger partial charge in [-0.25, -0.2) is 0 Å². The van der Waals surface area contributed by atoms with E-state index in [0.29, 0.717) is 19.7 Å². The average Bonchev–Trinajstić information content (AvgIpc) is 2.40. The van der Waals surface area contributed by atoms with Crippen molar-refractivity contribution in [3.8, 4) is 0 Å². The lowest BCUT2D eigenvalue weighted by molar-refractivity contribution is -0.143. The van der Waals surface area contributed by atoms with E-state index in [9.17, 15) is 4.79 Å². The molecule has 1 amide bonds. The molecule has 0 aliphatic carbocycles. The molecule has 1 aliphatic heterocycles. The number of nitrogens with zero attached hydrogens (tertiary/aromatic N) is 1. The average molecular weight is 262 g/mol. The van der Waals surface area contributed by atoms with E-state index in [1.807, 2.05) is 24.0 Å². The van der Waals surface area contributed by atoms with Gasteiger partial charge in [0.15, 0.2) is 0 Å². The zero-order valence-electron chi connectivity index (χ0n) is 11.8. The maximum absolute atomic E-state index is 12.1. The van der Waals surface area contributed by atoms with Gasteiger partial charge in [-0.05, 0) is 32.0 Å². The molecule has 19 heavy (non-hydrogen) atoms. The second-order valence-electron chi connectivity index (χ2n) is 5.10.